The number of pyridine rings is 1. The zero-order valence-electron chi connectivity index (χ0n) is 15.8. The van der Waals surface area contributed by atoms with E-state index in [0.29, 0.717) is 24.6 Å². The Morgan fingerprint density at radius 1 is 1.31 bits per heavy atom. The van der Waals surface area contributed by atoms with Crippen LogP contribution >= 0.6 is 0 Å². The summed E-state index contributed by atoms with van der Waals surface area (Å²) in [5.41, 5.74) is 0.374. The molecule has 6 heteroatoms. The smallest absolute Gasteiger partial charge is 0.272 e. The van der Waals surface area contributed by atoms with Gasteiger partial charge in [-0.15, -0.1) is 0 Å². The molecule has 2 fully saturated rings. The second-order valence-corrected chi connectivity index (χ2v) is 8.23. The van der Waals surface area contributed by atoms with Gasteiger partial charge in [-0.1, -0.05) is 13.8 Å². The summed E-state index contributed by atoms with van der Waals surface area (Å²) in [4.78, 5) is 33.1. The number of carbonyl (C=O) groups excluding carboxylic acids is 2. The van der Waals surface area contributed by atoms with E-state index in [9.17, 15) is 14.7 Å². The molecule has 26 heavy (non-hydrogen) atoms. The Hall–Kier alpha value is -2.11. The van der Waals surface area contributed by atoms with E-state index in [2.05, 4.69) is 18.8 Å². The van der Waals surface area contributed by atoms with Gasteiger partial charge in [-0.3, -0.25) is 9.59 Å². The lowest BCUT2D eigenvalue weighted by atomic mass is 9.73. The van der Waals surface area contributed by atoms with Crippen LogP contribution in [-0.4, -0.2) is 57.9 Å². The van der Waals surface area contributed by atoms with Gasteiger partial charge in [-0.05, 0) is 43.7 Å². The molecule has 3 rings (SSSR count). The van der Waals surface area contributed by atoms with E-state index in [4.69, 9.17) is 0 Å². The maximum Gasteiger partial charge on any atom is 0.272 e. The van der Waals surface area contributed by atoms with Gasteiger partial charge in [0.05, 0.1) is 6.20 Å². The van der Waals surface area contributed by atoms with E-state index >= 15 is 0 Å². The number of nitrogens with zero attached hydrogens (tertiary/aromatic N) is 3. The van der Waals surface area contributed by atoms with Crippen LogP contribution in [0.4, 0.5) is 0 Å². The van der Waals surface area contributed by atoms with Crippen molar-refractivity contribution in [1.29, 1.82) is 0 Å². The van der Waals surface area contributed by atoms with E-state index in [1.165, 1.54) is 12.3 Å². The molecule has 2 aliphatic heterocycles. The molecule has 2 saturated heterocycles. The van der Waals surface area contributed by atoms with E-state index < -0.39 is 0 Å². The van der Waals surface area contributed by atoms with Crippen molar-refractivity contribution in [2.75, 3.05) is 26.2 Å². The molecule has 0 radical (unpaired) electrons. The standard InChI is InChI=1S/C20H29N3O3/c1-15(2)7-11-22-13-20(9-6-18(22)25)8-3-10-23(14-20)19(26)17-5-4-16(24)12-21-17/h4-5,12,15,24H,3,6-11,13-14H2,1-2H3. The van der Waals surface area contributed by atoms with Gasteiger partial charge in [0.2, 0.25) is 5.91 Å². The summed E-state index contributed by atoms with van der Waals surface area (Å²) >= 11 is 0. The first-order chi connectivity index (χ1) is 12.4. The summed E-state index contributed by atoms with van der Waals surface area (Å²) < 4.78 is 0. The maximum absolute atomic E-state index is 12.8. The average Bonchev–Trinajstić information content (AvgIpc) is 2.63. The molecule has 0 aromatic carbocycles. The number of carbonyl (C=O) groups is 2. The molecule has 1 spiro atoms. The van der Waals surface area contributed by atoms with Crippen LogP contribution in [-0.2, 0) is 4.79 Å². The van der Waals surface area contributed by atoms with E-state index in [1.54, 1.807) is 6.07 Å². The summed E-state index contributed by atoms with van der Waals surface area (Å²) in [5, 5.41) is 9.37. The number of hydrogen-bond acceptors (Lipinski definition) is 4. The third kappa shape index (κ3) is 4.17. The summed E-state index contributed by atoms with van der Waals surface area (Å²) in [5.74, 6) is 0.795. The molecule has 0 aliphatic carbocycles. The molecule has 2 amide bonds. The van der Waals surface area contributed by atoms with Crippen LogP contribution in [0.15, 0.2) is 18.3 Å². The van der Waals surface area contributed by atoms with Gasteiger partial charge in [-0.25, -0.2) is 4.98 Å². The highest BCUT2D eigenvalue weighted by Crippen LogP contribution is 2.39. The number of rotatable bonds is 4. The molecular formula is C20H29N3O3. The van der Waals surface area contributed by atoms with Gasteiger partial charge in [0.15, 0.2) is 0 Å². The molecule has 2 aliphatic rings. The Morgan fingerprint density at radius 2 is 2.12 bits per heavy atom. The van der Waals surface area contributed by atoms with Crippen molar-refractivity contribution < 1.29 is 14.7 Å². The van der Waals surface area contributed by atoms with Gasteiger partial charge in [-0.2, -0.15) is 0 Å². The van der Waals surface area contributed by atoms with Gasteiger partial charge >= 0.3 is 0 Å². The van der Waals surface area contributed by atoms with E-state index in [-0.39, 0.29) is 23.0 Å². The van der Waals surface area contributed by atoms with Crippen molar-refractivity contribution in [3.8, 4) is 5.75 Å². The van der Waals surface area contributed by atoms with Crippen LogP contribution < -0.4 is 0 Å². The average molecular weight is 359 g/mol. The predicted octanol–water partition coefficient (Wildman–Crippen LogP) is 2.68. The number of aromatic hydroxyl groups is 1. The fourth-order valence-electron chi connectivity index (χ4n) is 4.11. The molecule has 1 atom stereocenters. The molecule has 1 unspecified atom stereocenters. The van der Waals surface area contributed by atoms with Gasteiger partial charge in [0.1, 0.15) is 11.4 Å². The lowest BCUT2D eigenvalue weighted by molar-refractivity contribution is -0.139. The number of aromatic nitrogens is 1. The van der Waals surface area contributed by atoms with Crippen LogP contribution in [0, 0.1) is 11.3 Å². The lowest BCUT2D eigenvalue weighted by Crippen LogP contribution is -2.55. The van der Waals surface area contributed by atoms with E-state index in [1.807, 2.05) is 9.80 Å². The maximum atomic E-state index is 12.8. The number of piperidine rings is 2. The van der Waals surface area contributed by atoms with Crippen molar-refractivity contribution in [1.82, 2.24) is 14.8 Å². The molecule has 142 valence electrons. The first-order valence-corrected chi connectivity index (χ1v) is 9.61. The molecule has 0 bridgehead atoms. The van der Waals surface area contributed by atoms with Crippen LogP contribution in [0.5, 0.6) is 5.75 Å². The van der Waals surface area contributed by atoms with Gasteiger partial charge in [0, 0.05) is 38.0 Å². The van der Waals surface area contributed by atoms with Gasteiger partial charge < -0.3 is 14.9 Å². The normalized spacial score (nSPS) is 23.7. The van der Waals surface area contributed by atoms with Crippen molar-refractivity contribution in [3.63, 3.8) is 0 Å². The van der Waals surface area contributed by atoms with Crippen molar-refractivity contribution in [2.24, 2.45) is 11.3 Å². The van der Waals surface area contributed by atoms with Crippen LogP contribution in [0.3, 0.4) is 0 Å². The Balaban J connectivity index is 1.69. The monoisotopic (exact) mass is 359 g/mol. The SMILES string of the molecule is CC(C)CCN1CC2(CCCN(C(=O)c3ccc(O)cn3)C2)CCC1=O. The second-order valence-electron chi connectivity index (χ2n) is 8.23. The highest BCUT2D eigenvalue weighted by molar-refractivity contribution is 5.92. The highest BCUT2D eigenvalue weighted by Gasteiger charge is 2.42. The summed E-state index contributed by atoms with van der Waals surface area (Å²) in [6, 6.07) is 3.06. The minimum Gasteiger partial charge on any atom is -0.506 e. The Morgan fingerprint density at radius 3 is 2.81 bits per heavy atom. The topological polar surface area (TPSA) is 73.7 Å². The van der Waals surface area contributed by atoms with Crippen LogP contribution in [0.25, 0.3) is 0 Å². The van der Waals surface area contributed by atoms with Crippen LogP contribution in [0.2, 0.25) is 0 Å². The summed E-state index contributed by atoms with van der Waals surface area (Å²) in [6.07, 6.45) is 5.78. The lowest BCUT2D eigenvalue weighted by Gasteiger charge is -2.48. The first-order valence-electron chi connectivity index (χ1n) is 9.61. The highest BCUT2D eigenvalue weighted by atomic mass is 16.3. The Labute approximate surface area is 155 Å². The fourth-order valence-corrected chi connectivity index (χ4v) is 4.11. The molecule has 3 heterocycles. The molecule has 6 nitrogen and oxygen atoms in total. The zero-order chi connectivity index (χ0) is 18.7. The molecule has 1 aromatic rings. The van der Waals surface area contributed by atoms with Crippen LogP contribution in [0.1, 0.15) is 56.4 Å². The third-order valence-electron chi connectivity index (χ3n) is 5.64. The zero-order valence-corrected chi connectivity index (χ0v) is 15.8. The molecule has 1 aromatic heterocycles. The first kappa shape index (κ1) is 18.7. The summed E-state index contributed by atoms with van der Waals surface area (Å²) in [6.45, 7) is 7.33. The van der Waals surface area contributed by atoms with Gasteiger partial charge in [0.25, 0.3) is 5.91 Å². The Kier molecular flexibility index (Phi) is 5.49. The number of amides is 2. The largest absolute Gasteiger partial charge is 0.506 e. The molecule has 0 saturated carbocycles. The second kappa shape index (κ2) is 7.64. The van der Waals surface area contributed by atoms with Crippen molar-refractivity contribution >= 4 is 11.8 Å². The molecule has 1 N–H and O–H groups in total. The minimum absolute atomic E-state index is 0.00964. The number of likely N-dealkylation sites (tertiary alicyclic amines) is 2. The third-order valence-corrected chi connectivity index (χ3v) is 5.64. The minimum atomic E-state index is -0.0882. The van der Waals surface area contributed by atoms with Crippen molar-refractivity contribution in [3.05, 3.63) is 24.0 Å². The molecular weight excluding hydrogens is 330 g/mol. The van der Waals surface area contributed by atoms with E-state index in [0.717, 1.165) is 45.3 Å². The van der Waals surface area contributed by atoms with Crippen molar-refractivity contribution in [2.45, 2.75) is 46.0 Å². The summed E-state index contributed by atoms with van der Waals surface area (Å²) in [7, 11) is 0. The Bertz CT molecular complexity index is 659. The number of hydrogen-bond donors (Lipinski definition) is 1. The predicted molar refractivity (Wildman–Crippen MR) is 98.7 cm³/mol. The quantitative estimate of drug-likeness (QED) is 0.897. The fraction of sp³-hybridized carbons (Fsp3) is 0.650.